The van der Waals surface area contributed by atoms with Gasteiger partial charge in [0.25, 0.3) is 0 Å². The normalized spacial score (nSPS) is 26.0. The van der Waals surface area contributed by atoms with Crippen LogP contribution in [0.15, 0.2) is 12.2 Å². The number of hydrogen-bond acceptors (Lipinski definition) is 2. The van der Waals surface area contributed by atoms with Crippen LogP contribution in [0.5, 0.6) is 0 Å². The summed E-state index contributed by atoms with van der Waals surface area (Å²) in [6.45, 7) is 6.78. The van der Waals surface area contributed by atoms with Gasteiger partial charge < -0.3 is 10.0 Å². The molecule has 1 aliphatic rings. The van der Waals surface area contributed by atoms with Gasteiger partial charge in [-0.15, -0.1) is 0 Å². The third-order valence-corrected chi connectivity index (χ3v) is 2.96. The Bertz CT molecular complexity index is 167. The third kappa shape index (κ3) is 3.49. The van der Waals surface area contributed by atoms with Gasteiger partial charge in [-0.05, 0) is 45.2 Å². The zero-order valence-electron chi connectivity index (χ0n) is 8.63. The molecule has 0 saturated carbocycles. The van der Waals surface area contributed by atoms with Crippen LogP contribution in [0.1, 0.15) is 25.7 Å². The summed E-state index contributed by atoms with van der Waals surface area (Å²) in [6, 6.07) is 0. The van der Waals surface area contributed by atoms with Crippen LogP contribution in [0.4, 0.5) is 0 Å². The first-order valence-corrected chi connectivity index (χ1v) is 5.21. The van der Waals surface area contributed by atoms with Crippen molar-refractivity contribution in [1.29, 1.82) is 0 Å². The Morgan fingerprint density at radius 3 is 3.00 bits per heavy atom. The van der Waals surface area contributed by atoms with Gasteiger partial charge in [-0.3, -0.25) is 0 Å². The highest BCUT2D eigenvalue weighted by atomic mass is 16.2. The number of aliphatic hydroxyl groups excluding tert-OH is 1. The van der Waals surface area contributed by atoms with Crippen molar-refractivity contribution in [2.75, 3.05) is 26.7 Å². The van der Waals surface area contributed by atoms with Crippen molar-refractivity contribution in [1.82, 2.24) is 4.90 Å². The maximum Gasteiger partial charge on any atom is 0.0431 e. The van der Waals surface area contributed by atoms with E-state index in [1.54, 1.807) is 0 Å². The first-order chi connectivity index (χ1) is 6.24. The molecule has 0 radical (unpaired) electrons. The molecule has 0 aliphatic carbocycles. The van der Waals surface area contributed by atoms with E-state index in [4.69, 9.17) is 5.11 Å². The molecule has 1 unspecified atom stereocenters. The quantitative estimate of drug-likeness (QED) is 0.673. The highest BCUT2D eigenvalue weighted by Gasteiger charge is 2.17. The van der Waals surface area contributed by atoms with Crippen molar-refractivity contribution in [3.05, 3.63) is 12.2 Å². The number of aliphatic hydroxyl groups is 1. The largest absolute Gasteiger partial charge is 0.396 e. The van der Waals surface area contributed by atoms with Crippen molar-refractivity contribution >= 4 is 0 Å². The third-order valence-electron chi connectivity index (χ3n) is 2.96. The van der Waals surface area contributed by atoms with Gasteiger partial charge in [-0.25, -0.2) is 0 Å². The number of rotatable bonds is 3. The van der Waals surface area contributed by atoms with Crippen LogP contribution in [-0.2, 0) is 0 Å². The highest BCUT2D eigenvalue weighted by molar-refractivity contribution is 5.02. The summed E-state index contributed by atoms with van der Waals surface area (Å²) in [5.41, 5.74) is 1.39. The average Bonchev–Trinajstić information content (AvgIpc) is 2.28. The van der Waals surface area contributed by atoms with Crippen LogP contribution >= 0.6 is 0 Å². The molecule has 1 heterocycles. The monoisotopic (exact) mass is 183 g/mol. The van der Waals surface area contributed by atoms with Crippen LogP contribution < -0.4 is 0 Å². The Labute approximate surface area is 81.2 Å². The van der Waals surface area contributed by atoms with E-state index in [9.17, 15) is 0 Å². The minimum atomic E-state index is 0.319. The first-order valence-electron chi connectivity index (χ1n) is 5.21. The van der Waals surface area contributed by atoms with E-state index >= 15 is 0 Å². The van der Waals surface area contributed by atoms with E-state index in [0.29, 0.717) is 12.5 Å². The second-order valence-electron chi connectivity index (χ2n) is 4.06. The van der Waals surface area contributed by atoms with Gasteiger partial charge in [0.2, 0.25) is 0 Å². The smallest absolute Gasteiger partial charge is 0.0431 e. The van der Waals surface area contributed by atoms with E-state index in [1.807, 2.05) is 0 Å². The predicted molar refractivity (Wildman–Crippen MR) is 55.7 cm³/mol. The van der Waals surface area contributed by atoms with Gasteiger partial charge in [0.1, 0.15) is 0 Å². The Morgan fingerprint density at radius 2 is 2.31 bits per heavy atom. The molecule has 2 heteroatoms. The topological polar surface area (TPSA) is 23.5 Å². The fraction of sp³-hybridized carbons (Fsp3) is 0.818. The summed E-state index contributed by atoms with van der Waals surface area (Å²) in [7, 11) is 2.17. The van der Waals surface area contributed by atoms with Crippen LogP contribution in [0.3, 0.4) is 0 Å². The van der Waals surface area contributed by atoms with E-state index in [0.717, 1.165) is 25.8 Å². The lowest BCUT2D eigenvalue weighted by atomic mass is 9.91. The van der Waals surface area contributed by atoms with Gasteiger partial charge in [0.05, 0.1) is 0 Å². The Morgan fingerprint density at radius 1 is 1.54 bits per heavy atom. The van der Waals surface area contributed by atoms with Gasteiger partial charge in [0.15, 0.2) is 0 Å². The fourth-order valence-corrected chi connectivity index (χ4v) is 1.92. The predicted octanol–water partition coefficient (Wildman–Crippen LogP) is 1.66. The van der Waals surface area contributed by atoms with Crippen LogP contribution in [0.2, 0.25) is 0 Å². The van der Waals surface area contributed by atoms with Crippen LogP contribution in [0, 0.1) is 5.92 Å². The average molecular weight is 183 g/mol. The van der Waals surface area contributed by atoms with E-state index in [-0.39, 0.29) is 0 Å². The Balaban J connectivity index is 2.38. The number of nitrogens with zero attached hydrogens (tertiary/aromatic N) is 1. The molecule has 1 N–H and O–H groups in total. The molecule has 0 bridgehead atoms. The summed E-state index contributed by atoms with van der Waals surface area (Å²) >= 11 is 0. The van der Waals surface area contributed by atoms with Crippen molar-refractivity contribution < 1.29 is 5.11 Å². The molecule has 0 aromatic heterocycles. The van der Waals surface area contributed by atoms with Crippen molar-refractivity contribution in [3.63, 3.8) is 0 Å². The summed E-state index contributed by atoms with van der Waals surface area (Å²) in [5.74, 6) is 0.650. The van der Waals surface area contributed by atoms with Crippen molar-refractivity contribution in [2.24, 2.45) is 5.92 Å². The molecular formula is C11H21NO. The lowest BCUT2D eigenvalue weighted by Gasteiger charge is -2.15. The first kappa shape index (κ1) is 10.7. The molecule has 0 spiro atoms. The van der Waals surface area contributed by atoms with E-state index in [1.165, 1.54) is 18.5 Å². The lowest BCUT2D eigenvalue weighted by Crippen LogP contribution is -2.18. The SMILES string of the molecule is C=C1CCN(C)CCC1CCCO. The second-order valence-corrected chi connectivity index (χ2v) is 4.06. The van der Waals surface area contributed by atoms with Gasteiger partial charge in [-0.1, -0.05) is 12.2 Å². The van der Waals surface area contributed by atoms with E-state index < -0.39 is 0 Å². The molecule has 13 heavy (non-hydrogen) atoms. The van der Waals surface area contributed by atoms with Gasteiger partial charge >= 0.3 is 0 Å². The van der Waals surface area contributed by atoms with Gasteiger partial charge in [0, 0.05) is 13.2 Å². The van der Waals surface area contributed by atoms with Crippen LogP contribution in [0.25, 0.3) is 0 Å². The maximum absolute atomic E-state index is 8.77. The van der Waals surface area contributed by atoms with E-state index in [2.05, 4.69) is 18.5 Å². The zero-order chi connectivity index (χ0) is 9.68. The zero-order valence-corrected chi connectivity index (χ0v) is 8.63. The highest BCUT2D eigenvalue weighted by Crippen LogP contribution is 2.25. The molecule has 1 rings (SSSR count). The Kier molecular flexibility index (Phi) is 4.46. The second kappa shape index (κ2) is 5.40. The summed E-state index contributed by atoms with van der Waals surface area (Å²) < 4.78 is 0. The molecule has 1 aliphatic heterocycles. The lowest BCUT2D eigenvalue weighted by molar-refractivity contribution is 0.271. The summed E-state index contributed by atoms with van der Waals surface area (Å²) in [4.78, 5) is 2.37. The minimum absolute atomic E-state index is 0.319. The number of hydrogen-bond donors (Lipinski definition) is 1. The van der Waals surface area contributed by atoms with Crippen molar-refractivity contribution in [3.8, 4) is 0 Å². The van der Waals surface area contributed by atoms with Gasteiger partial charge in [-0.2, -0.15) is 0 Å². The fourth-order valence-electron chi connectivity index (χ4n) is 1.92. The Hall–Kier alpha value is -0.340. The molecule has 1 fully saturated rings. The molecule has 1 saturated heterocycles. The maximum atomic E-state index is 8.77. The summed E-state index contributed by atoms with van der Waals surface area (Å²) in [6.07, 6.45) is 4.39. The minimum Gasteiger partial charge on any atom is -0.396 e. The molecule has 0 aromatic rings. The molecule has 1 atom stereocenters. The molecule has 2 nitrogen and oxygen atoms in total. The molecule has 0 amide bonds. The molecule has 0 aromatic carbocycles. The molecular weight excluding hydrogens is 162 g/mol. The van der Waals surface area contributed by atoms with Crippen LogP contribution in [-0.4, -0.2) is 36.8 Å². The molecule has 76 valence electrons. The standard InChI is InChI=1S/C11H21NO/c1-10-5-7-12(2)8-6-11(10)4-3-9-13/h11,13H,1,3-9H2,2H3. The summed E-state index contributed by atoms with van der Waals surface area (Å²) in [5, 5.41) is 8.77. The number of likely N-dealkylation sites (tertiary alicyclic amines) is 1. The van der Waals surface area contributed by atoms with Crippen molar-refractivity contribution in [2.45, 2.75) is 25.7 Å².